The maximum Gasteiger partial charge on any atom is 0.238 e. The van der Waals surface area contributed by atoms with Crippen molar-refractivity contribution < 1.29 is 9.59 Å². The average Bonchev–Trinajstić information content (AvgIpc) is 2.92. The van der Waals surface area contributed by atoms with Gasteiger partial charge in [-0.3, -0.25) is 9.59 Å². The SMILES string of the molecule is N#CC(C[C@@H]1CCNC1=O)NC(=O)C1NCC2CCC21. The summed E-state index contributed by atoms with van der Waals surface area (Å²) < 4.78 is 0. The lowest BCUT2D eigenvalue weighted by Crippen LogP contribution is -2.49. The summed E-state index contributed by atoms with van der Waals surface area (Å²) in [6, 6.07) is 1.39. The van der Waals surface area contributed by atoms with Crippen molar-refractivity contribution in [2.75, 3.05) is 13.1 Å². The van der Waals surface area contributed by atoms with Gasteiger partial charge in [-0.1, -0.05) is 0 Å². The highest BCUT2D eigenvalue weighted by Crippen LogP contribution is 2.40. The molecule has 3 N–H and O–H groups in total. The first-order valence-electron chi connectivity index (χ1n) is 7.40. The first-order valence-corrected chi connectivity index (χ1v) is 7.40. The maximum atomic E-state index is 12.2. The number of nitrogens with one attached hydrogen (secondary N) is 3. The summed E-state index contributed by atoms with van der Waals surface area (Å²) in [5.74, 6) is 0.837. The van der Waals surface area contributed by atoms with Crippen molar-refractivity contribution >= 4 is 11.8 Å². The molecule has 2 saturated heterocycles. The summed E-state index contributed by atoms with van der Waals surface area (Å²) in [5.41, 5.74) is 0. The highest BCUT2D eigenvalue weighted by Gasteiger charge is 2.45. The second-order valence-electron chi connectivity index (χ2n) is 6.09. The quantitative estimate of drug-likeness (QED) is 0.646. The summed E-state index contributed by atoms with van der Waals surface area (Å²) in [7, 11) is 0. The smallest absolute Gasteiger partial charge is 0.238 e. The lowest BCUT2D eigenvalue weighted by molar-refractivity contribution is -0.126. The minimum atomic E-state index is -0.572. The summed E-state index contributed by atoms with van der Waals surface area (Å²) in [4.78, 5) is 23.8. The van der Waals surface area contributed by atoms with Crippen molar-refractivity contribution in [1.29, 1.82) is 5.26 Å². The Morgan fingerprint density at radius 2 is 2.30 bits per heavy atom. The zero-order valence-electron chi connectivity index (χ0n) is 11.4. The fraction of sp³-hybridized carbons (Fsp3) is 0.786. The molecule has 2 aliphatic heterocycles. The summed E-state index contributed by atoms with van der Waals surface area (Å²) in [6.07, 6.45) is 3.46. The number of amides is 2. The molecule has 0 aromatic carbocycles. The van der Waals surface area contributed by atoms with Gasteiger partial charge in [-0.05, 0) is 44.1 Å². The number of hydrogen-bond donors (Lipinski definition) is 3. The molecule has 2 amide bonds. The molecule has 0 bridgehead atoms. The van der Waals surface area contributed by atoms with E-state index in [1.165, 1.54) is 6.42 Å². The van der Waals surface area contributed by atoms with Gasteiger partial charge in [-0.25, -0.2) is 0 Å². The molecule has 20 heavy (non-hydrogen) atoms. The normalized spacial score (nSPS) is 36.5. The van der Waals surface area contributed by atoms with Crippen LogP contribution in [-0.2, 0) is 9.59 Å². The van der Waals surface area contributed by atoms with Gasteiger partial charge in [0.05, 0.1) is 12.1 Å². The monoisotopic (exact) mass is 276 g/mol. The van der Waals surface area contributed by atoms with E-state index in [1.807, 2.05) is 0 Å². The van der Waals surface area contributed by atoms with E-state index in [-0.39, 0.29) is 23.8 Å². The molecule has 1 aliphatic carbocycles. The van der Waals surface area contributed by atoms with Gasteiger partial charge in [0.1, 0.15) is 6.04 Å². The molecule has 2 heterocycles. The molecule has 3 aliphatic rings. The molecule has 5 atom stereocenters. The highest BCUT2D eigenvalue weighted by molar-refractivity contribution is 5.84. The topological polar surface area (TPSA) is 94.0 Å². The first-order chi connectivity index (χ1) is 9.69. The molecule has 3 rings (SSSR count). The highest BCUT2D eigenvalue weighted by atomic mass is 16.2. The van der Waals surface area contributed by atoms with E-state index in [1.54, 1.807) is 0 Å². The van der Waals surface area contributed by atoms with Crippen LogP contribution in [0.4, 0.5) is 0 Å². The molecule has 108 valence electrons. The van der Waals surface area contributed by atoms with Crippen LogP contribution in [0, 0.1) is 29.1 Å². The minimum Gasteiger partial charge on any atom is -0.356 e. The van der Waals surface area contributed by atoms with Crippen molar-refractivity contribution in [2.24, 2.45) is 17.8 Å². The van der Waals surface area contributed by atoms with E-state index in [2.05, 4.69) is 22.0 Å². The molecule has 4 unspecified atom stereocenters. The first kappa shape index (κ1) is 13.4. The van der Waals surface area contributed by atoms with Crippen LogP contribution >= 0.6 is 0 Å². The van der Waals surface area contributed by atoms with Crippen molar-refractivity contribution in [3.05, 3.63) is 0 Å². The van der Waals surface area contributed by atoms with Crippen LogP contribution < -0.4 is 16.0 Å². The molecule has 0 aromatic heterocycles. The molecule has 6 heteroatoms. The number of carbonyl (C=O) groups is 2. The van der Waals surface area contributed by atoms with Crippen molar-refractivity contribution in [3.63, 3.8) is 0 Å². The standard InChI is InChI=1S/C14H20N4O2/c15-6-10(5-8-3-4-16-13(8)19)18-14(20)12-11-2-1-9(11)7-17-12/h8-12,17H,1-5,7H2,(H,16,19)(H,18,20)/t8-,9?,10?,11?,12?/m0/s1. The second kappa shape index (κ2) is 5.41. The van der Waals surface area contributed by atoms with Gasteiger partial charge in [-0.2, -0.15) is 5.26 Å². The van der Waals surface area contributed by atoms with Crippen LogP contribution in [-0.4, -0.2) is 37.0 Å². The van der Waals surface area contributed by atoms with Gasteiger partial charge in [-0.15, -0.1) is 0 Å². The number of nitriles is 1. The zero-order valence-corrected chi connectivity index (χ0v) is 11.4. The Labute approximate surface area is 118 Å². The molecular formula is C14H20N4O2. The molecular weight excluding hydrogens is 256 g/mol. The Morgan fingerprint density at radius 1 is 1.45 bits per heavy atom. The van der Waals surface area contributed by atoms with E-state index in [0.717, 1.165) is 19.4 Å². The van der Waals surface area contributed by atoms with Gasteiger partial charge in [0.15, 0.2) is 0 Å². The Hall–Kier alpha value is -1.61. The third-order valence-electron chi connectivity index (χ3n) is 4.94. The predicted octanol–water partition coefficient (Wildman–Crippen LogP) is -0.481. The maximum absolute atomic E-state index is 12.2. The van der Waals surface area contributed by atoms with Gasteiger partial charge >= 0.3 is 0 Å². The fourth-order valence-corrected chi connectivity index (χ4v) is 3.56. The van der Waals surface area contributed by atoms with E-state index in [4.69, 9.17) is 0 Å². The van der Waals surface area contributed by atoms with Gasteiger partial charge in [0.2, 0.25) is 11.8 Å². The Bertz CT molecular complexity index is 459. The van der Waals surface area contributed by atoms with Crippen LogP contribution in [0.15, 0.2) is 0 Å². The summed E-state index contributed by atoms with van der Waals surface area (Å²) >= 11 is 0. The fourth-order valence-electron chi connectivity index (χ4n) is 3.56. The third kappa shape index (κ3) is 2.38. The van der Waals surface area contributed by atoms with E-state index < -0.39 is 6.04 Å². The number of rotatable bonds is 4. The van der Waals surface area contributed by atoms with Crippen molar-refractivity contribution in [2.45, 2.75) is 37.8 Å². The Kier molecular flexibility index (Phi) is 3.62. The average molecular weight is 276 g/mol. The third-order valence-corrected chi connectivity index (χ3v) is 4.94. The number of fused-ring (bicyclic) bond motifs is 1. The van der Waals surface area contributed by atoms with Crippen LogP contribution in [0.5, 0.6) is 0 Å². The van der Waals surface area contributed by atoms with E-state index >= 15 is 0 Å². The lowest BCUT2D eigenvalue weighted by Gasteiger charge is -2.32. The van der Waals surface area contributed by atoms with Crippen LogP contribution in [0.2, 0.25) is 0 Å². The van der Waals surface area contributed by atoms with Crippen molar-refractivity contribution in [1.82, 2.24) is 16.0 Å². The minimum absolute atomic E-state index is 0.00227. The van der Waals surface area contributed by atoms with Gasteiger partial charge < -0.3 is 16.0 Å². The van der Waals surface area contributed by atoms with E-state index in [9.17, 15) is 14.9 Å². The van der Waals surface area contributed by atoms with Crippen LogP contribution in [0.25, 0.3) is 0 Å². The molecule has 3 fully saturated rings. The number of nitrogens with zero attached hydrogens (tertiary/aromatic N) is 1. The van der Waals surface area contributed by atoms with Gasteiger partial charge in [0, 0.05) is 12.5 Å². The predicted molar refractivity (Wildman–Crippen MR) is 71.3 cm³/mol. The zero-order chi connectivity index (χ0) is 14.1. The summed E-state index contributed by atoms with van der Waals surface area (Å²) in [5, 5.41) is 18.0. The van der Waals surface area contributed by atoms with Crippen LogP contribution in [0.1, 0.15) is 25.7 Å². The lowest BCUT2D eigenvalue weighted by atomic mass is 9.73. The number of hydrogen-bond acceptors (Lipinski definition) is 4. The molecule has 1 saturated carbocycles. The van der Waals surface area contributed by atoms with Crippen LogP contribution in [0.3, 0.4) is 0 Å². The molecule has 6 nitrogen and oxygen atoms in total. The molecule has 0 spiro atoms. The Balaban J connectivity index is 1.53. The second-order valence-corrected chi connectivity index (χ2v) is 6.09. The van der Waals surface area contributed by atoms with E-state index in [0.29, 0.717) is 24.8 Å². The molecule has 0 radical (unpaired) electrons. The summed E-state index contributed by atoms with van der Waals surface area (Å²) in [6.45, 7) is 1.58. The Morgan fingerprint density at radius 3 is 2.85 bits per heavy atom. The number of carbonyl (C=O) groups excluding carboxylic acids is 2. The largest absolute Gasteiger partial charge is 0.356 e. The molecule has 0 aromatic rings. The van der Waals surface area contributed by atoms with Crippen molar-refractivity contribution in [3.8, 4) is 6.07 Å². The van der Waals surface area contributed by atoms with Gasteiger partial charge in [0.25, 0.3) is 0 Å².